The van der Waals surface area contributed by atoms with Crippen LogP contribution in [0.1, 0.15) is 32.1 Å². The van der Waals surface area contributed by atoms with Crippen molar-refractivity contribution in [3.63, 3.8) is 0 Å². The summed E-state index contributed by atoms with van der Waals surface area (Å²) in [7, 11) is 0. The second-order valence-electron chi connectivity index (χ2n) is 4.32. The van der Waals surface area contributed by atoms with Crippen molar-refractivity contribution in [2.24, 2.45) is 0 Å². The van der Waals surface area contributed by atoms with E-state index in [-0.39, 0.29) is 0 Å². The van der Waals surface area contributed by atoms with Gasteiger partial charge in [0.2, 0.25) is 0 Å². The molecule has 0 bridgehead atoms. The Balaban J connectivity index is 1.57. The molecule has 0 aromatic carbocycles. The molecule has 80 valence electrons. The first kappa shape index (κ1) is 10.2. The van der Waals surface area contributed by atoms with Gasteiger partial charge in [0.25, 0.3) is 0 Å². The maximum Gasteiger partial charge on any atom is 0.0756 e. The van der Waals surface area contributed by atoms with Gasteiger partial charge < -0.3 is 9.64 Å². The summed E-state index contributed by atoms with van der Waals surface area (Å²) in [6.45, 7) is 4.60. The summed E-state index contributed by atoms with van der Waals surface area (Å²) < 4.78 is 5.82. The summed E-state index contributed by atoms with van der Waals surface area (Å²) >= 11 is 0. The second kappa shape index (κ2) is 5.52. The highest BCUT2D eigenvalue weighted by atomic mass is 16.5. The van der Waals surface area contributed by atoms with E-state index < -0.39 is 0 Å². The molecular weight excluding hydrogens is 174 g/mol. The average Bonchev–Trinajstić information content (AvgIpc) is 2.72. The molecular formula is C12H21NO. The van der Waals surface area contributed by atoms with Crippen LogP contribution in [0, 0.1) is 0 Å². The summed E-state index contributed by atoms with van der Waals surface area (Å²) in [6.07, 6.45) is 11.4. The monoisotopic (exact) mass is 195 g/mol. The molecule has 1 heterocycles. The molecule has 1 saturated heterocycles. The third-order valence-corrected chi connectivity index (χ3v) is 3.15. The third kappa shape index (κ3) is 3.10. The summed E-state index contributed by atoms with van der Waals surface area (Å²) in [5.41, 5.74) is 0. The average molecular weight is 195 g/mol. The number of ether oxygens (including phenoxy) is 1. The normalized spacial score (nSPS) is 28.4. The van der Waals surface area contributed by atoms with E-state index in [2.05, 4.69) is 17.1 Å². The largest absolute Gasteiger partial charge is 0.373 e. The van der Waals surface area contributed by atoms with Crippen LogP contribution in [0.25, 0.3) is 0 Å². The van der Waals surface area contributed by atoms with Crippen molar-refractivity contribution in [2.45, 2.75) is 38.2 Å². The van der Waals surface area contributed by atoms with Gasteiger partial charge in [0.1, 0.15) is 0 Å². The van der Waals surface area contributed by atoms with Gasteiger partial charge >= 0.3 is 0 Å². The second-order valence-corrected chi connectivity index (χ2v) is 4.32. The standard InChI is InChI=1S/C12H21NO/c1-2-6-12(7-3-1)14-11-10-13-8-4-5-9-13/h2,6,12H,1,3-5,7-11H2. The van der Waals surface area contributed by atoms with E-state index >= 15 is 0 Å². The molecule has 1 aliphatic heterocycles. The molecule has 1 aliphatic carbocycles. The van der Waals surface area contributed by atoms with Crippen molar-refractivity contribution in [1.29, 1.82) is 0 Å². The molecule has 2 rings (SSSR count). The zero-order valence-electron chi connectivity index (χ0n) is 8.95. The SMILES string of the molecule is C1=CC(OCCN2CCCC2)CCC1. The molecule has 0 aromatic heterocycles. The van der Waals surface area contributed by atoms with E-state index in [0.717, 1.165) is 13.2 Å². The summed E-state index contributed by atoms with van der Waals surface area (Å²) in [4.78, 5) is 2.51. The number of nitrogens with zero attached hydrogens (tertiary/aromatic N) is 1. The Labute approximate surface area is 86.9 Å². The molecule has 2 nitrogen and oxygen atoms in total. The Morgan fingerprint density at radius 1 is 1.21 bits per heavy atom. The third-order valence-electron chi connectivity index (χ3n) is 3.15. The van der Waals surface area contributed by atoms with Crippen LogP contribution in [0.5, 0.6) is 0 Å². The Morgan fingerprint density at radius 3 is 2.79 bits per heavy atom. The van der Waals surface area contributed by atoms with Crippen LogP contribution >= 0.6 is 0 Å². The minimum absolute atomic E-state index is 0.409. The fourth-order valence-corrected chi connectivity index (χ4v) is 2.26. The minimum atomic E-state index is 0.409. The molecule has 2 heteroatoms. The van der Waals surface area contributed by atoms with E-state index in [1.807, 2.05) is 0 Å². The molecule has 0 saturated carbocycles. The van der Waals surface area contributed by atoms with Crippen molar-refractivity contribution in [3.8, 4) is 0 Å². The highest BCUT2D eigenvalue weighted by Crippen LogP contribution is 2.13. The smallest absolute Gasteiger partial charge is 0.0756 e. The van der Waals surface area contributed by atoms with E-state index in [1.165, 1.54) is 45.2 Å². The van der Waals surface area contributed by atoms with E-state index in [1.54, 1.807) is 0 Å². The summed E-state index contributed by atoms with van der Waals surface area (Å²) in [5, 5.41) is 0. The maximum absolute atomic E-state index is 5.82. The topological polar surface area (TPSA) is 12.5 Å². The number of hydrogen-bond donors (Lipinski definition) is 0. The number of rotatable bonds is 4. The quantitative estimate of drug-likeness (QED) is 0.638. The van der Waals surface area contributed by atoms with Gasteiger partial charge in [0.15, 0.2) is 0 Å². The zero-order chi connectivity index (χ0) is 9.64. The van der Waals surface area contributed by atoms with Crippen LogP contribution in [0.4, 0.5) is 0 Å². The van der Waals surface area contributed by atoms with Gasteiger partial charge in [-0.25, -0.2) is 0 Å². The van der Waals surface area contributed by atoms with E-state index in [4.69, 9.17) is 4.74 Å². The predicted molar refractivity (Wildman–Crippen MR) is 58.4 cm³/mol. The molecule has 1 unspecified atom stereocenters. The minimum Gasteiger partial charge on any atom is -0.373 e. The lowest BCUT2D eigenvalue weighted by atomic mass is 10.1. The zero-order valence-corrected chi connectivity index (χ0v) is 8.95. The van der Waals surface area contributed by atoms with Gasteiger partial charge in [0.05, 0.1) is 12.7 Å². The lowest BCUT2D eigenvalue weighted by Crippen LogP contribution is -2.26. The lowest BCUT2D eigenvalue weighted by Gasteiger charge is -2.20. The van der Waals surface area contributed by atoms with E-state index in [9.17, 15) is 0 Å². The van der Waals surface area contributed by atoms with Crippen LogP contribution in [-0.2, 0) is 4.74 Å². The Hall–Kier alpha value is -0.340. The Kier molecular flexibility index (Phi) is 4.02. The Morgan fingerprint density at radius 2 is 2.07 bits per heavy atom. The van der Waals surface area contributed by atoms with Crippen LogP contribution < -0.4 is 0 Å². The maximum atomic E-state index is 5.82. The fourth-order valence-electron chi connectivity index (χ4n) is 2.26. The van der Waals surface area contributed by atoms with Gasteiger partial charge in [-0.2, -0.15) is 0 Å². The molecule has 0 amide bonds. The highest BCUT2D eigenvalue weighted by molar-refractivity contribution is 4.94. The first-order valence-electron chi connectivity index (χ1n) is 5.96. The number of likely N-dealkylation sites (tertiary alicyclic amines) is 1. The fraction of sp³-hybridized carbons (Fsp3) is 0.833. The van der Waals surface area contributed by atoms with Gasteiger partial charge in [-0.3, -0.25) is 0 Å². The molecule has 2 aliphatic rings. The number of allylic oxidation sites excluding steroid dienone is 1. The Bertz CT molecular complexity index is 185. The van der Waals surface area contributed by atoms with Crippen molar-refractivity contribution in [1.82, 2.24) is 4.90 Å². The molecule has 0 spiro atoms. The van der Waals surface area contributed by atoms with Crippen LogP contribution in [-0.4, -0.2) is 37.2 Å². The number of hydrogen-bond acceptors (Lipinski definition) is 2. The van der Waals surface area contributed by atoms with E-state index in [0.29, 0.717) is 6.10 Å². The first-order valence-corrected chi connectivity index (χ1v) is 5.96. The van der Waals surface area contributed by atoms with Crippen molar-refractivity contribution in [2.75, 3.05) is 26.2 Å². The molecule has 1 fully saturated rings. The predicted octanol–water partition coefficient (Wildman–Crippen LogP) is 2.21. The van der Waals surface area contributed by atoms with Crippen LogP contribution in [0.3, 0.4) is 0 Å². The molecule has 0 radical (unpaired) electrons. The van der Waals surface area contributed by atoms with Crippen molar-refractivity contribution < 1.29 is 4.74 Å². The van der Waals surface area contributed by atoms with Crippen molar-refractivity contribution in [3.05, 3.63) is 12.2 Å². The first-order chi connectivity index (χ1) is 6.95. The molecule has 14 heavy (non-hydrogen) atoms. The molecule has 1 atom stereocenters. The van der Waals surface area contributed by atoms with Crippen LogP contribution in [0.2, 0.25) is 0 Å². The van der Waals surface area contributed by atoms with Gasteiger partial charge in [-0.05, 0) is 45.2 Å². The molecule has 0 aromatic rings. The van der Waals surface area contributed by atoms with Gasteiger partial charge in [-0.15, -0.1) is 0 Å². The summed E-state index contributed by atoms with van der Waals surface area (Å²) in [5.74, 6) is 0. The van der Waals surface area contributed by atoms with Crippen LogP contribution in [0.15, 0.2) is 12.2 Å². The van der Waals surface area contributed by atoms with Gasteiger partial charge in [-0.1, -0.05) is 12.2 Å². The highest BCUT2D eigenvalue weighted by Gasteiger charge is 2.12. The van der Waals surface area contributed by atoms with Gasteiger partial charge in [0, 0.05) is 6.54 Å². The lowest BCUT2D eigenvalue weighted by molar-refractivity contribution is 0.0607. The summed E-state index contributed by atoms with van der Waals surface area (Å²) in [6, 6.07) is 0. The molecule has 0 N–H and O–H groups in total. The van der Waals surface area contributed by atoms with Crippen molar-refractivity contribution >= 4 is 0 Å².